The molecule has 0 bridgehead atoms. The van der Waals surface area contributed by atoms with Crippen molar-refractivity contribution in [3.8, 4) is 5.75 Å². The maximum Gasteiger partial charge on any atom is 0.251 e. The summed E-state index contributed by atoms with van der Waals surface area (Å²) in [5, 5.41) is 2.99. The van der Waals surface area contributed by atoms with Crippen molar-refractivity contribution in [3.63, 3.8) is 0 Å². The van der Waals surface area contributed by atoms with Gasteiger partial charge in [0.05, 0.1) is 7.11 Å². The molecule has 1 aromatic carbocycles. The van der Waals surface area contributed by atoms with Crippen molar-refractivity contribution >= 4 is 15.9 Å². The number of benzene rings is 1. The van der Waals surface area contributed by atoms with Crippen LogP contribution in [0.15, 0.2) is 23.1 Å². The number of carbonyl (C=O) groups excluding carboxylic acids is 1. The molecule has 0 radical (unpaired) electrons. The van der Waals surface area contributed by atoms with Crippen molar-refractivity contribution in [1.82, 2.24) is 10.0 Å². The van der Waals surface area contributed by atoms with Gasteiger partial charge in [0, 0.05) is 18.2 Å². The first-order chi connectivity index (χ1) is 11.0. The summed E-state index contributed by atoms with van der Waals surface area (Å²) in [6, 6.07) is 4.64. The van der Waals surface area contributed by atoms with Gasteiger partial charge in [-0.05, 0) is 31.0 Å². The van der Waals surface area contributed by atoms with Crippen molar-refractivity contribution in [2.75, 3.05) is 13.7 Å². The smallest absolute Gasteiger partial charge is 0.251 e. The summed E-state index contributed by atoms with van der Waals surface area (Å²) >= 11 is 0. The van der Waals surface area contributed by atoms with E-state index in [0.717, 1.165) is 25.7 Å². The Bertz CT molecular complexity index is 652. The van der Waals surface area contributed by atoms with E-state index in [0.29, 0.717) is 5.56 Å². The molecular weight excluding hydrogens is 316 g/mol. The number of hydrogen-bond donors (Lipinski definition) is 2. The van der Waals surface area contributed by atoms with Gasteiger partial charge in [-0.1, -0.05) is 26.2 Å². The Labute approximate surface area is 137 Å². The number of carbonyl (C=O) groups is 1. The lowest BCUT2D eigenvalue weighted by atomic mass is 9.95. The van der Waals surface area contributed by atoms with Crippen LogP contribution in [0.25, 0.3) is 0 Å². The molecule has 1 amide bonds. The van der Waals surface area contributed by atoms with Crippen LogP contribution in [0.1, 0.15) is 49.4 Å². The standard InChI is InChI=1S/C16H24N2O4S/c1-3-17-23(20,21)15-11-12(9-10-14(15)22-2)16(19)18-13-7-5-4-6-8-13/h9-11,13,17H,3-8H2,1-2H3,(H,18,19). The number of amides is 1. The molecule has 0 heterocycles. The van der Waals surface area contributed by atoms with E-state index in [-0.39, 0.29) is 29.1 Å². The fourth-order valence-corrected chi connectivity index (χ4v) is 4.05. The van der Waals surface area contributed by atoms with Gasteiger partial charge in [-0.25, -0.2) is 13.1 Å². The van der Waals surface area contributed by atoms with E-state index < -0.39 is 10.0 Å². The summed E-state index contributed by atoms with van der Waals surface area (Å²) in [7, 11) is -2.29. The van der Waals surface area contributed by atoms with Crippen LogP contribution >= 0.6 is 0 Å². The Morgan fingerprint density at radius 1 is 1.26 bits per heavy atom. The molecule has 1 aliphatic rings. The monoisotopic (exact) mass is 340 g/mol. The number of ether oxygens (including phenoxy) is 1. The van der Waals surface area contributed by atoms with Crippen LogP contribution < -0.4 is 14.8 Å². The molecule has 23 heavy (non-hydrogen) atoms. The van der Waals surface area contributed by atoms with Crippen molar-refractivity contribution in [2.45, 2.75) is 50.0 Å². The van der Waals surface area contributed by atoms with Gasteiger partial charge in [0.2, 0.25) is 10.0 Å². The summed E-state index contributed by atoms with van der Waals surface area (Å²) < 4.78 is 32.0. The fourth-order valence-electron chi connectivity index (χ4n) is 2.81. The number of sulfonamides is 1. The van der Waals surface area contributed by atoms with Crippen LogP contribution in [0, 0.1) is 0 Å². The third-order valence-corrected chi connectivity index (χ3v) is 5.56. The predicted molar refractivity (Wildman–Crippen MR) is 88.2 cm³/mol. The number of methoxy groups -OCH3 is 1. The molecule has 0 spiro atoms. The van der Waals surface area contributed by atoms with Crippen molar-refractivity contribution in [3.05, 3.63) is 23.8 Å². The molecule has 1 aromatic rings. The van der Waals surface area contributed by atoms with Gasteiger partial charge in [-0.15, -0.1) is 0 Å². The molecule has 1 fully saturated rings. The maximum absolute atomic E-state index is 12.4. The zero-order valence-corrected chi connectivity index (χ0v) is 14.4. The van der Waals surface area contributed by atoms with Crippen LogP contribution in [0.3, 0.4) is 0 Å². The molecule has 1 aliphatic carbocycles. The number of hydrogen-bond acceptors (Lipinski definition) is 4. The zero-order valence-electron chi connectivity index (χ0n) is 13.6. The Morgan fingerprint density at radius 2 is 1.96 bits per heavy atom. The minimum atomic E-state index is -3.70. The second-order valence-corrected chi connectivity index (χ2v) is 7.41. The Balaban J connectivity index is 2.24. The van der Waals surface area contributed by atoms with E-state index in [1.165, 1.54) is 25.7 Å². The average molecular weight is 340 g/mol. The lowest BCUT2D eigenvalue weighted by Crippen LogP contribution is -2.36. The highest BCUT2D eigenvalue weighted by atomic mass is 32.2. The average Bonchev–Trinajstić information content (AvgIpc) is 2.55. The molecule has 0 saturated heterocycles. The summed E-state index contributed by atoms with van der Waals surface area (Å²) in [6.07, 6.45) is 5.40. The minimum absolute atomic E-state index is 0.0156. The third kappa shape index (κ3) is 4.45. The zero-order chi connectivity index (χ0) is 16.9. The van der Waals surface area contributed by atoms with Gasteiger partial charge in [-0.3, -0.25) is 4.79 Å². The van der Waals surface area contributed by atoms with Gasteiger partial charge in [0.15, 0.2) is 0 Å². The fraction of sp³-hybridized carbons (Fsp3) is 0.562. The molecule has 7 heteroatoms. The Hall–Kier alpha value is -1.60. The lowest BCUT2D eigenvalue weighted by Gasteiger charge is -2.23. The summed E-state index contributed by atoms with van der Waals surface area (Å²) in [4.78, 5) is 12.4. The molecule has 0 unspecified atom stereocenters. The second-order valence-electron chi connectivity index (χ2n) is 5.68. The largest absolute Gasteiger partial charge is 0.495 e. The summed E-state index contributed by atoms with van der Waals surface area (Å²) in [5.41, 5.74) is 0.327. The highest BCUT2D eigenvalue weighted by molar-refractivity contribution is 7.89. The molecule has 128 valence electrons. The first kappa shape index (κ1) is 17.7. The lowest BCUT2D eigenvalue weighted by molar-refractivity contribution is 0.0927. The van der Waals surface area contributed by atoms with Gasteiger partial charge in [0.25, 0.3) is 5.91 Å². The highest BCUT2D eigenvalue weighted by Gasteiger charge is 2.22. The first-order valence-electron chi connectivity index (χ1n) is 7.96. The third-order valence-electron chi connectivity index (χ3n) is 3.99. The van der Waals surface area contributed by atoms with E-state index in [1.807, 2.05) is 0 Å². The van der Waals surface area contributed by atoms with Crippen LogP contribution in [-0.4, -0.2) is 34.0 Å². The second kappa shape index (κ2) is 7.79. The SMILES string of the molecule is CCNS(=O)(=O)c1cc(C(=O)NC2CCCCC2)ccc1OC. The van der Waals surface area contributed by atoms with Crippen LogP contribution in [-0.2, 0) is 10.0 Å². The van der Waals surface area contributed by atoms with E-state index in [1.54, 1.807) is 13.0 Å². The van der Waals surface area contributed by atoms with Crippen molar-refractivity contribution in [2.24, 2.45) is 0 Å². The maximum atomic E-state index is 12.4. The van der Waals surface area contributed by atoms with Crippen LogP contribution in [0.2, 0.25) is 0 Å². The van der Waals surface area contributed by atoms with Gasteiger partial charge in [0.1, 0.15) is 10.6 Å². The van der Waals surface area contributed by atoms with Crippen LogP contribution in [0.5, 0.6) is 5.75 Å². The quantitative estimate of drug-likeness (QED) is 0.830. The van der Waals surface area contributed by atoms with Gasteiger partial charge in [-0.2, -0.15) is 0 Å². The molecular formula is C16H24N2O4S. The van der Waals surface area contributed by atoms with Gasteiger partial charge >= 0.3 is 0 Å². The van der Waals surface area contributed by atoms with E-state index in [9.17, 15) is 13.2 Å². The molecule has 6 nitrogen and oxygen atoms in total. The Morgan fingerprint density at radius 3 is 2.57 bits per heavy atom. The van der Waals surface area contributed by atoms with Crippen molar-refractivity contribution in [1.29, 1.82) is 0 Å². The summed E-state index contributed by atoms with van der Waals surface area (Å²) in [6.45, 7) is 1.97. The molecule has 1 saturated carbocycles. The molecule has 0 aromatic heterocycles. The van der Waals surface area contributed by atoms with Crippen molar-refractivity contribution < 1.29 is 17.9 Å². The van der Waals surface area contributed by atoms with Crippen LogP contribution in [0.4, 0.5) is 0 Å². The van der Waals surface area contributed by atoms with E-state index >= 15 is 0 Å². The number of rotatable bonds is 6. The predicted octanol–water partition coefficient (Wildman–Crippen LogP) is 2.06. The molecule has 2 N–H and O–H groups in total. The van der Waals surface area contributed by atoms with E-state index in [2.05, 4.69) is 10.0 Å². The first-order valence-corrected chi connectivity index (χ1v) is 9.45. The topological polar surface area (TPSA) is 84.5 Å². The molecule has 0 atom stereocenters. The van der Waals surface area contributed by atoms with Gasteiger partial charge < -0.3 is 10.1 Å². The molecule has 0 aliphatic heterocycles. The Kier molecular flexibility index (Phi) is 6.01. The van der Waals surface area contributed by atoms with E-state index in [4.69, 9.17) is 4.74 Å². The number of nitrogens with one attached hydrogen (secondary N) is 2. The highest BCUT2D eigenvalue weighted by Crippen LogP contribution is 2.25. The molecule has 2 rings (SSSR count). The minimum Gasteiger partial charge on any atom is -0.495 e. The normalized spacial score (nSPS) is 16.1. The summed E-state index contributed by atoms with van der Waals surface area (Å²) in [5.74, 6) is -0.0207.